The third-order valence-electron chi connectivity index (χ3n) is 3.20. The van der Waals surface area contributed by atoms with Gasteiger partial charge in [-0.3, -0.25) is 0 Å². The van der Waals surface area contributed by atoms with Crippen molar-refractivity contribution in [3.05, 3.63) is 42.2 Å². The number of rotatable bonds is 6. The van der Waals surface area contributed by atoms with E-state index in [0.29, 0.717) is 23.0 Å². The number of hydrogen-bond donors (Lipinski definition) is 2. The highest BCUT2D eigenvalue weighted by Crippen LogP contribution is 2.22. The van der Waals surface area contributed by atoms with Gasteiger partial charge in [-0.05, 0) is 17.7 Å². The molecule has 114 valence electrons. The van der Waals surface area contributed by atoms with Crippen LogP contribution in [0, 0.1) is 0 Å². The molecular formula is C15H17N5S2. The third-order valence-corrected chi connectivity index (χ3v) is 4.45. The average Bonchev–Trinajstić information content (AvgIpc) is 2.92. The fourth-order valence-electron chi connectivity index (χ4n) is 2.13. The quantitative estimate of drug-likeness (QED) is 0.315. The lowest BCUT2D eigenvalue weighted by atomic mass is 10.2. The van der Waals surface area contributed by atoms with E-state index in [1.165, 1.54) is 5.56 Å². The number of nitrogens with two attached hydrogens (primary N) is 1. The second-order valence-electron chi connectivity index (χ2n) is 4.85. The van der Waals surface area contributed by atoms with Gasteiger partial charge in [0.15, 0.2) is 16.6 Å². The summed E-state index contributed by atoms with van der Waals surface area (Å²) in [6.45, 7) is 0.717. The van der Waals surface area contributed by atoms with E-state index in [1.54, 1.807) is 18.1 Å². The van der Waals surface area contributed by atoms with Gasteiger partial charge in [0.05, 0.1) is 12.9 Å². The minimum Gasteiger partial charge on any atom is -0.382 e. The molecule has 0 aliphatic rings. The van der Waals surface area contributed by atoms with E-state index in [4.69, 9.17) is 5.73 Å². The highest BCUT2D eigenvalue weighted by molar-refractivity contribution is 7.99. The Bertz CT molecular complexity index is 757. The number of imidazole rings is 1. The standard InChI is InChI=1S/C15H17N5S2/c16-13-12-14(19-15(18-13)22-8-4-7-21)20(10-17-12)9-11-5-2-1-3-6-11/h1-3,5-6,10,21H,4,7-9H2,(H2,16,18,19). The number of fused-ring (bicyclic) bond motifs is 1. The van der Waals surface area contributed by atoms with Crippen molar-refractivity contribution in [2.45, 2.75) is 18.1 Å². The SMILES string of the molecule is Nc1nc(SCCCS)nc2c1ncn2Cc1ccccc1. The molecule has 2 N–H and O–H groups in total. The number of nitrogen functional groups attached to an aromatic ring is 1. The van der Waals surface area contributed by atoms with Gasteiger partial charge in [0.1, 0.15) is 5.52 Å². The molecule has 0 unspecified atom stereocenters. The summed E-state index contributed by atoms with van der Waals surface area (Å²) in [6, 6.07) is 10.2. The molecule has 22 heavy (non-hydrogen) atoms. The molecule has 1 aromatic carbocycles. The van der Waals surface area contributed by atoms with Crippen LogP contribution in [0.3, 0.4) is 0 Å². The lowest BCUT2D eigenvalue weighted by molar-refractivity contribution is 0.804. The smallest absolute Gasteiger partial charge is 0.191 e. The van der Waals surface area contributed by atoms with Gasteiger partial charge in [0, 0.05) is 5.75 Å². The van der Waals surface area contributed by atoms with E-state index in [9.17, 15) is 0 Å². The van der Waals surface area contributed by atoms with E-state index in [1.807, 2.05) is 22.8 Å². The van der Waals surface area contributed by atoms with Crippen molar-refractivity contribution < 1.29 is 0 Å². The highest BCUT2D eigenvalue weighted by atomic mass is 32.2. The number of aromatic nitrogens is 4. The molecule has 2 heterocycles. The number of anilines is 1. The summed E-state index contributed by atoms with van der Waals surface area (Å²) < 4.78 is 2.01. The van der Waals surface area contributed by atoms with Crippen molar-refractivity contribution in [1.82, 2.24) is 19.5 Å². The zero-order valence-electron chi connectivity index (χ0n) is 12.0. The molecule has 5 nitrogen and oxygen atoms in total. The number of hydrogen-bond acceptors (Lipinski definition) is 6. The van der Waals surface area contributed by atoms with Crippen molar-refractivity contribution in [3.63, 3.8) is 0 Å². The van der Waals surface area contributed by atoms with Crippen LogP contribution >= 0.6 is 24.4 Å². The molecule has 0 aliphatic carbocycles. The van der Waals surface area contributed by atoms with Crippen molar-refractivity contribution in [2.75, 3.05) is 17.2 Å². The van der Waals surface area contributed by atoms with Crippen LogP contribution in [0.15, 0.2) is 41.8 Å². The normalized spacial score (nSPS) is 11.1. The van der Waals surface area contributed by atoms with Gasteiger partial charge in [0.2, 0.25) is 0 Å². The molecule has 0 atom stereocenters. The molecule has 0 radical (unpaired) electrons. The van der Waals surface area contributed by atoms with Crippen molar-refractivity contribution in [2.24, 2.45) is 0 Å². The largest absolute Gasteiger partial charge is 0.382 e. The monoisotopic (exact) mass is 331 g/mol. The van der Waals surface area contributed by atoms with Crippen LogP contribution in [0.25, 0.3) is 11.2 Å². The maximum Gasteiger partial charge on any atom is 0.191 e. The minimum atomic E-state index is 0.435. The first-order valence-corrected chi connectivity index (χ1v) is 8.65. The van der Waals surface area contributed by atoms with Crippen LogP contribution in [0.4, 0.5) is 5.82 Å². The van der Waals surface area contributed by atoms with Crippen molar-refractivity contribution in [3.8, 4) is 0 Å². The van der Waals surface area contributed by atoms with Gasteiger partial charge in [-0.15, -0.1) is 0 Å². The van der Waals surface area contributed by atoms with Gasteiger partial charge in [0.25, 0.3) is 0 Å². The molecule has 0 aliphatic heterocycles. The molecule has 0 fully saturated rings. The van der Waals surface area contributed by atoms with E-state index < -0.39 is 0 Å². The Kier molecular flexibility index (Phi) is 4.84. The molecule has 3 rings (SSSR count). The molecular weight excluding hydrogens is 314 g/mol. The Morgan fingerprint density at radius 1 is 1.18 bits per heavy atom. The molecule has 0 saturated carbocycles. The van der Waals surface area contributed by atoms with E-state index in [0.717, 1.165) is 23.6 Å². The van der Waals surface area contributed by atoms with E-state index in [-0.39, 0.29) is 0 Å². The number of thioether (sulfide) groups is 1. The fraction of sp³-hybridized carbons (Fsp3) is 0.267. The topological polar surface area (TPSA) is 69.6 Å². The minimum absolute atomic E-state index is 0.435. The maximum atomic E-state index is 6.01. The molecule has 0 spiro atoms. The Morgan fingerprint density at radius 2 is 2.00 bits per heavy atom. The third kappa shape index (κ3) is 3.36. The Morgan fingerprint density at radius 3 is 2.77 bits per heavy atom. The van der Waals surface area contributed by atoms with E-state index in [2.05, 4.69) is 39.7 Å². The number of benzene rings is 1. The zero-order chi connectivity index (χ0) is 15.4. The lowest BCUT2D eigenvalue weighted by Gasteiger charge is -2.06. The van der Waals surface area contributed by atoms with Gasteiger partial charge in [-0.25, -0.2) is 15.0 Å². The van der Waals surface area contributed by atoms with Gasteiger partial charge in [-0.1, -0.05) is 42.1 Å². The first kappa shape index (κ1) is 15.2. The van der Waals surface area contributed by atoms with Crippen LogP contribution in [-0.2, 0) is 6.54 Å². The molecule has 0 amide bonds. The van der Waals surface area contributed by atoms with Crippen LogP contribution in [0.2, 0.25) is 0 Å². The summed E-state index contributed by atoms with van der Waals surface area (Å²) in [5.41, 5.74) is 8.65. The summed E-state index contributed by atoms with van der Waals surface area (Å²) in [5.74, 6) is 2.22. The summed E-state index contributed by atoms with van der Waals surface area (Å²) in [7, 11) is 0. The fourth-order valence-corrected chi connectivity index (χ4v) is 3.29. The van der Waals surface area contributed by atoms with Crippen LogP contribution < -0.4 is 5.73 Å². The van der Waals surface area contributed by atoms with Gasteiger partial charge >= 0.3 is 0 Å². The Hall–Kier alpha value is -1.73. The number of nitrogens with zero attached hydrogens (tertiary/aromatic N) is 4. The second-order valence-corrected chi connectivity index (χ2v) is 6.36. The molecule has 0 bridgehead atoms. The summed E-state index contributed by atoms with van der Waals surface area (Å²) in [6.07, 6.45) is 2.78. The van der Waals surface area contributed by atoms with Crippen LogP contribution in [0.5, 0.6) is 0 Å². The van der Waals surface area contributed by atoms with Gasteiger partial charge in [-0.2, -0.15) is 12.6 Å². The number of thiol groups is 1. The summed E-state index contributed by atoms with van der Waals surface area (Å²) in [5, 5.41) is 0.696. The highest BCUT2D eigenvalue weighted by Gasteiger charge is 2.11. The molecule has 2 aromatic heterocycles. The van der Waals surface area contributed by atoms with Crippen molar-refractivity contribution >= 4 is 41.4 Å². The molecule has 7 heteroatoms. The van der Waals surface area contributed by atoms with Gasteiger partial charge < -0.3 is 10.3 Å². The maximum absolute atomic E-state index is 6.01. The lowest BCUT2D eigenvalue weighted by Crippen LogP contribution is -2.02. The van der Waals surface area contributed by atoms with E-state index >= 15 is 0 Å². The average molecular weight is 331 g/mol. The second kappa shape index (κ2) is 7.02. The molecule has 0 saturated heterocycles. The summed E-state index contributed by atoms with van der Waals surface area (Å²) in [4.78, 5) is 13.3. The first-order chi connectivity index (χ1) is 10.8. The summed E-state index contributed by atoms with van der Waals surface area (Å²) >= 11 is 5.82. The Balaban J connectivity index is 1.90. The molecule has 3 aromatic rings. The van der Waals surface area contributed by atoms with Crippen molar-refractivity contribution in [1.29, 1.82) is 0 Å². The Labute approximate surface area is 138 Å². The first-order valence-electron chi connectivity index (χ1n) is 7.04. The predicted octanol–water partition coefficient (Wildman–Crippen LogP) is 2.87. The van der Waals surface area contributed by atoms with Crippen LogP contribution in [0.1, 0.15) is 12.0 Å². The van der Waals surface area contributed by atoms with Crippen LogP contribution in [-0.4, -0.2) is 31.0 Å². The zero-order valence-corrected chi connectivity index (χ0v) is 13.7. The predicted molar refractivity (Wildman–Crippen MR) is 94.5 cm³/mol.